The van der Waals surface area contributed by atoms with Gasteiger partial charge in [0, 0.05) is 12.6 Å². The molecule has 0 spiro atoms. The Hall–Kier alpha value is -0.770. The lowest BCUT2D eigenvalue weighted by atomic mass is 10.2. The summed E-state index contributed by atoms with van der Waals surface area (Å²) in [4.78, 5) is 52.3. The molecule has 204 valence electrons. The van der Waals surface area contributed by atoms with Crippen LogP contribution in [0.4, 0.5) is 5.82 Å². The average molecular weight is 612 g/mol. The van der Waals surface area contributed by atoms with Crippen LogP contribution in [-0.2, 0) is 36.3 Å². The lowest BCUT2D eigenvalue weighted by Crippen LogP contribution is -2.29. The van der Waals surface area contributed by atoms with Gasteiger partial charge in [-0.2, -0.15) is 13.6 Å². The van der Waals surface area contributed by atoms with E-state index in [4.69, 9.17) is 30.7 Å². The third-order valence-corrected chi connectivity index (χ3v) is 9.33. The fourth-order valence-corrected chi connectivity index (χ4v) is 6.57. The minimum absolute atomic E-state index is 0.0319. The maximum atomic E-state index is 12.4. The Labute approximate surface area is 212 Å². The van der Waals surface area contributed by atoms with Gasteiger partial charge in [0.2, 0.25) is 0 Å². The summed E-state index contributed by atoms with van der Waals surface area (Å²) in [6, 6.07) is 0. The van der Waals surface area contributed by atoms with Gasteiger partial charge in [-0.15, -0.1) is 0 Å². The molecule has 0 aliphatic carbocycles. The van der Waals surface area contributed by atoms with Crippen molar-refractivity contribution in [2.75, 3.05) is 31.1 Å². The normalized spacial score (nSPS) is 23.4. The largest absolute Gasteiger partial charge is 0.490 e. The first kappa shape index (κ1) is 31.4. The molecule has 1 aromatic rings. The van der Waals surface area contributed by atoms with E-state index >= 15 is 0 Å². The average Bonchev–Trinajstić information content (AvgIpc) is 3.12. The number of anilines is 1. The molecule has 3 unspecified atom stereocenters. The van der Waals surface area contributed by atoms with E-state index < -0.39 is 54.2 Å². The molecule has 2 heterocycles. The van der Waals surface area contributed by atoms with E-state index in [0.717, 1.165) is 4.57 Å². The van der Waals surface area contributed by atoms with Crippen LogP contribution in [0, 0.1) is 11.8 Å². The van der Waals surface area contributed by atoms with Gasteiger partial charge in [0.15, 0.2) is 0 Å². The molecule has 0 amide bonds. The minimum atomic E-state index is -5.69. The van der Waals surface area contributed by atoms with Gasteiger partial charge in [-0.1, -0.05) is 33.4 Å². The molecule has 2 rings (SSSR count). The first-order chi connectivity index (χ1) is 16.7. The first-order valence-electron chi connectivity index (χ1n) is 9.45. The predicted molar refractivity (Wildman–Crippen MR) is 128 cm³/mol. The van der Waals surface area contributed by atoms with E-state index in [0.29, 0.717) is 0 Å². The second-order valence-electron chi connectivity index (χ2n) is 6.59. The lowest BCUT2D eigenvalue weighted by molar-refractivity contribution is -0.0543. The van der Waals surface area contributed by atoms with Crippen molar-refractivity contribution in [2.24, 2.45) is 5.73 Å². The van der Waals surface area contributed by atoms with Crippen LogP contribution in [-0.4, -0.2) is 66.7 Å². The van der Waals surface area contributed by atoms with E-state index in [9.17, 15) is 28.3 Å². The standard InChI is InChI=1S/C14H23N4O13P3S2/c1-35-36-8-27-10-5-12(18-6-9(3-2-4-15)13(16)17-14(18)19)29-11(10)7-28-33(23,24)31-34(25,26)30-32(20,21)22/h6,10-12H,4-5,7-8,15H2,1H3,(H,23,24)(H,25,26)(H2,16,17,19)(H2,20,21,22)/t10-,11?,12-/m1/s1. The molecule has 1 aliphatic heterocycles. The molecule has 17 nitrogen and oxygen atoms in total. The molecule has 36 heavy (non-hydrogen) atoms. The quantitative estimate of drug-likeness (QED) is 0.0601. The number of nitrogen functional groups attached to an aromatic ring is 1. The second kappa shape index (κ2) is 13.3. The van der Waals surface area contributed by atoms with Crippen LogP contribution in [0.1, 0.15) is 18.2 Å². The Morgan fingerprint density at radius 1 is 1.25 bits per heavy atom. The molecule has 0 aromatic carbocycles. The molecule has 0 radical (unpaired) electrons. The lowest BCUT2D eigenvalue weighted by Gasteiger charge is -2.21. The van der Waals surface area contributed by atoms with Crippen molar-refractivity contribution in [3.8, 4) is 11.8 Å². The topological polar surface area (TPSA) is 265 Å². The van der Waals surface area contributed by atoms with Crippen LogP contribution in [0.15, 0.2) is 11.0 Å². The van der Waals surface area contributed by atoms with Crippen molar-refractivity contribution < 1.29 is 55.9 Å². The molecule has 0 bridgehead atoms. The van der Waals surface area contributed by atoms with E-state index in [1.807, 2.05) is 0 Å². The number of nitrogens with two attached hydrogens (primary N) is 2. The second-order valence-corrected chi connectivity index (χ2v) is 13.5. The van der Waals surface area contributed by atoms with Crippen LogP contribution in [0.25, 0.3) is 0 Å². The van der Waals surface area contributed by atoms with E-state index in [-0.39, 0.29) is 30.3 Å². The zero-order valence-corrected chi connectivity index (χ0v) is 22.6. The summed E-state index contributed by atoms with van der Waals surface area (Å²) >= 11 is 0. The number of hydrogen-bond donors (Lipinski definition) is 6. The monoisotopic (exact) mass is 612 g/mol. The number of phosphoric acid groups is 3. The van der Waals surface area contributed by atoms with Gasteiger partial charge in [0.05, 0.1) is 24.8 Å². The van der Waals surface area contributed by atoms with Gasteiger partial charge in [-0.3, -0.25) is 9.09 Å². The summed E-state index contributed by atoms with van der Waals surface area (Å²) in [6.07, 6.45) is 0.252. The smallest absolute Gasteiger partial charge is 0.382 e. The number of rotatable bonds is 12. The fourth-order valence-electron chi connectivity index (χ4n) is 2.76. The molecule has 1 fully saturated rings. The Bertz CT molecular complexity index is 1180. The van der Waals surface area contributed by atoms with E-state index in [1.165, 1.54) is 27.8 Å². The molecule has 1 aromatic heterocycles. The summed E-state index contributed by atoms with van der Waals surface area (Å²) in [5.74, 6) is 5.29. The third-order valence-electron chi connectivity index (χ3n) is 4.06. The number of hydrogen-bond acceptors (Lipinski definition) is 14. The highest BCUT2D eigenvalue weighted by Crippen LogP contribution is 2.66. The summed E-state index contributed by atoms with van der Waals surface area (Å²) < 4.78 is 58.9. The van der Waals surface area contributed by atoms with E-state index in [2.05, 4.69) is 30.0 Å². The molecule has 8 N–H and O–H groups in total. The maximum absolute atomic E-state index is 12.4. The molecule has 22 heteroatoms. The SMILES string of the molecule is CSSCO[C@@H]1C[C@H](n2cc(C#CCN)c(N)nc2=O)OC1COP(=O)(O)OP(=O)(O)OP(=O)(O)O. The van der Waals surface area contributed by atoms with Gasteiger partial charge < -0.3 is 40.5 Å². The highest BCUT2D eigenvalue weighted by atomic mass is 33.1. The summed E-state index contributed by atoms with van der Waals surface area (Å²) in [5, 5.41) is 0. The van der Waals surface area contributed by atoms with Gasteiger partial charge in [-0.25, -0.2) is 18.5 Å². The fraction of sp³-hybridized carbons (Fsp3) is 0.571. The number of nitrogens with zero attached hydrogens (tertiary/aromatic N) is 2. The van der Waals surface area contributed by atoms with Crippen molar-refractivity contribution in [2.45, 2.75) is 24.9 Å². The maximum Gasteiger partial charge on any atom is 0.490 e. The Kier molecular flexibility index (Phi) is 11.7. The summed E-state index contributed by atoms with van der Waals surface area (Å²) in [5.41, 5.74) is 10.5. The Morgan fingerprint density at radius 2 is 1.94 bits per heavy atom. The molecule has 1 aliphatic rings. The number of aromatic nitrogens is 2. The van der Waals surface area contributed by atoms with Crippen molar-refractivity contribution in [1.29, 1.82) is 0 Å². The van der Waals surface area contributed by atoms with Crippen LogP contribution < -0.4 is 17.2 Å². The minimum Gasteiger partial charge on any atom is -0.382 e. The molecule has 1 saturated heterocycles. The summed E-state index contributed by atoms with van der Waals surface area (Å²) in [7, 11) is -13.9. The third kappa shape index (κ3) is 10.2. The van der Waals surface area contributed by atoms with Gasteiger partial charge >= 0.3 is 29.2 Å². The van der Waals surface area contributed by atoms with Gasteiger partial charge in [0.25, 0.3) is 0 Å². The van der Waals surface area contributed by atoms with Crippen molar-refractivity contribution in [3.05, 3.63) is 22.2 Å². The van der Waals surface area contributed by atoms with E-state index in [1.54, 1.807) is 6.26 Å². The Balaban J connectivity index is 2.20. The number of ether oxygens (including phenoxy) is 2. The summed E-state index contributed by atoms with van der Waals surface area (Å²) in [6.45, 7) is -0.726. The van der Waals surface area contributed by atoms with Crippen molar-refractivity contribution >= 4 is 50.9 Å². The number of phosphoric ester groups is 1. The van der Waals surface area contributed by atoms with Crippen LogP contribution in [0.5, 0.6) is 0 Å². The zero-order chi connectivity index (χ0) is 27.1. The molecule has 0 saturated carbocycles. The van der Waals surface area contributed by atoms with Gasteiger partial charge in [0.1, 0.15) is 24.1 Å². The van der Waals surface area contributed by atoms with Crippen molar-refractivity contribution in [3.63, 3.8) is 0 Å². The highest BCUT2D eigenvalue weighted by molar-refractivity contribution is 8.76. The molecular formula is C14H23N4O13P3S2. The molecule has 5 atom stereocenters. The van der Waals surface area contributed by atoms with Gasteiger partial charge in [-0.05, 0) is 6.26 Å². The first-order valence-corrected chi connectivity index (χ1v) is 16.7. The van der Waals surface area contributed by atoms with Crippen LogP contribution in [0.2, 0.25) is 0 Å². The van der Waals surface area contributed by atoms with Crippen LogP contribution in [0.3, 0.4) is 0 Å². The zero-order valence-electron chi connectivity index (χ0n) is 18.3. The van der Waals surface area contributed by atoms with Crippen molar-refractivity contribution in [1.82, 2.24) is 9.55 Å². The highest BCUT2D eigenvalue weighted by Gasteiger charge is 2.43. The Morgan fingerprint density at radius 3 is 2.56 bits per heavy atom. The molecular weight excluding hydrogens is 589 g/mol. The predicted octanol–water partition coefficient (Wildman–Crippen LogP) is 0.120. The van der Waals surface area contributed by atoms with Crippen LogP contribution >= 0.6 is 45.1 Å².